The topological polar surface area (TPSA) is 67.0 Å². The lowest BCUT2D eigenvalue weighted by Crippen LogP contribution is -3.19. The van der Waals surface area contributed by atoms with Crippen LogP contribution in [0.2, 0.25) is 10.0 Å². The van der Waals surface area contributed by atoms with Crippen molar-refractivity contribution in [2.75, 3.05) is 31.5 Å². The van der Waals surface area contributed by atoms with Crippen molar-refractivity contribution in [1.82, 2.24) is 4.90 Å². The van der Waals surface area contributed by atoms with Gasteiger partial charge in [-0.3, -0.25) is 9.59 Å². The van der Waals surface area contributed by atoms with E-state index >= 15 is 0 Å². The molecule has 0 aliphatic carbocycles. The number of carbonyl (C=O) groups is 2. The van der Waals surface area contributed by atoms with E-state index in [1.807, 2.05) is 6.92 Å². The smallest absolute Gasteiger partial charge is 0.289 e. The number of rotatable bonds is 4. The van der Waals surface area contributed by atoms with E-state index in [0.717, 1.165) is 4.90 Å². The molecule has 1 aromatic carbocycles. The molecule has 0 bridgehead atoms. The van der Waals surface area contributed by atoms with Crippen LogP contribution < -0.4 is 10.2 Å². The maximum atomic E-state index is 12.5. The van der Waals surface area contributed by atoms with Crippen molar-refractivity contribution in [3.05, 3.63) is 52.4 Å². The molecule has 8 heteroatoms. The molecule has 1 aliphatic heterocycles. The van der Waals surface area contributed by atoms with Gasteiger partial charge in [0.15, 0.2) is 11.8 Å². The van der Waals surface area contributed by atoms with Crippen LogP contribution >= 0.6 is 23.2 Å². The molecule has 3 rings (SSSR count). The molecule has 0 saturated carbocycles. The molecular weight excluding hydrogens is 377 g/mol. The van der Waals surface area contributed by atoms with Crippen LogP contribution in [0.1, 0.15) is 17.5 Å². The molecule has 2 N–H and O–H groups in total. The Kier molecular flexibility index (Phi) is 5.86. The third kappa shape index (κ3) is 4.20. The molecule has 1 aliphatic rings. The number of furan rings is 1. The molecule has 0 radical (unpaired) electrons. The summed E-state index contributed by atoms with van der Waals surface area (Å²) in [5.41, 5.74) is 0.502. The van der Waals surface area contributed by atoms with Gasteiger partial charge in [0.25, 0.3) is 11.8 Å². The number of quaternary nitrogens is 1. The van der Waals surface area contributed by atoms with Crippen molar-refractivity contribution < 1.29 is 18.9 Å². The van der Waals surface area contributed by atoms with Crippen LogP contribution in [0, 0.1) is 0 Å². The van der Waals surface area contributed by atoms with Gasteiger partial charge < -0.3 is 19.5 Å². The number of carbonyl (C=O) groups excluding carboxylic acids is 2. The van der Waals surface area contributed by atoms with Crippen LogP contribution in [0.5, 0.6) is 0 Å². The summed E-state index contributed by atoms with van der Waals surface area (Å²) in [5, 5.41) is 3.79. The van der Waals surface area contributed by atoms with E-state index in [-0.39, 0.29) is 17.9 Å². The Morgan fingerprint density at radius 2 is 1.96 bits per heavy atom. The lowest BCUT2D eigenvalue weighted by Gasteiger charge is -2.34. The van der Waals surface area contributed by atoms with Crippen LogP contribution in [-0.4, -0.2) is 48.9 Å². The van der Waals surface area contributed by atoms with E-state index in [9.17, 15) is 9.59 Å². The molecule has 0 spiro atoms. The molecule has 1 atom stereocenters. The fraction of sp³-hybridized carbons (Fsp3) is 0.333. The summed E-state index contributed by atoms with van der Waals surface area (Å²) in [7, 11) is 0. The predicted octanol–water partition coefficient (Wildman–Crippen LogP) is 1.95. The van der Waals surface area contributed by atoms with Gasteiger partial charge in [-0.1, -0.05) is 23.2 Å². The first-order valence-corrected chi connectivity index (χ1v) is 9.14. The predicted molar refractivity (Wildman–Crippen MR) is 99.9 cm³/mol. The summed E-state index contributed by atoms with van der Waals surface area (Å²) >= 11 is 12.1. The van der Waals surface area contributed by atoms with Crippen LogP contribution in [0.3, 0.4) is 0 Å². The summed E-state index contributed by atoms with van der Waals surface area (Å²) in [6.07, 6.45) is 1.49. The Bertz CT molecular complexity index is 787. The van der Waals surface area contributed by atoms with E-state index in [1.54, 1.807) is 35.2 Å². The molecule has 6 nitrogen and oxygen atoms in total. The third-order valence-corrected chi connectivity index (χ3v) is 5.18. The molecule has 26 heavy (non-hydrogen) atoms. The Labute approximate surface area is 161 Å². The van der Waals surface area contributed by atoms with Crippen LogP contribution in [0.25, 0.3) is 0 Å². The highest BCUT2D eigenvalue weighted by molar-refractivity contribution is 6.35. The Morgan fingerprint density at radius 3 is 2.62 bits per heavy atom. The summed E-state index contributed by atoms with van der Waals surface area (Å²) in [4.78, 5) is 27.7. The summed E-state index contributed by atoms with van der Waals surface area (Å²) < 4.78 is 5.16. The first kappa shape index (κ1) is 18.8. The maximum absolute atomic E-state index is 12.5. The van der Waals surface area contributed by atoms with Gasteiger partial charge in [-0.05, 0) is 37.3 Å². The van der Waals surface area contributed by atoms with Crippen molar-refractivity contribution >= 4 is 40.7 Å². The van der Waals surface area contributed by atoms with Crippen molar-refractivity contribution in [2.24, 2.45) is 0 Å². The maximum Gasteiger partial charge on any atom is 0.289 e. The SMILES string of the molecule is C[C@@H](C(=O)Nc1cc(Cl)ccc1Cl)[NH+]1CCN(C(=O)c2ccco2)CC1. The molecule has 1 fully saturated rings. The lowest BCUT2D eigenvalue weighted by molar-refractivity contribution is -0.917. The number of hydrogen-bond acceptors (Lipinski definition) is 3. The second kappa shape index (κ2) is 8.12. The largest absolute Gasteiger partial charge is 0.459 e. The minimum Gasteiger partial charge on any atom is -0.459 e. The van der Waals surface area contributed by atoms with Crippen molar-refractivity contribution in [3.8, 4) is 0 Å². The van der Waals surface area contributed by atoms with Crippen LogP contribution in [-0.2, 0) is 4.79 Å². The van der Waals surface area contributed by atoms with E-state index < -0.39 is 0 Å². The highest BCUT2D eigenvalue weighted by Crippen LogP contribution is 2.25. The fourth-order valence-electron chi connectivity index (χ4n) is 3.01. The van der Waals surface area contributed by atoms with Gasteiger partial charge in [-0.15, -0.1) is 0 Å². The Balaban J connectivity index is 1.56. The standard InChI is InChI=1S/C18H19Cl2N3O3/c1-12(17(24)21-15-11-13(19)4-5-14(15)20)22-6-8-23(9-7-22)18(25)16-3-2-10-26-16/h2-5,10-12H,6-9H2,1H3,(H,21,24)/p+1/t12-/m0/s1. The third-order valence-electron chi connectivity index (χ3n) is 4.62. The summed E-state index contributed by atoms with van der Waals surface area (Å²) in [6, 6.07) is 8.03. The lowest BCUT2D eigenvalue weighted by atomic mass is 10.2. The minimum absolute atomic E-state index is 0.114. The quantitative estimate of drug-likeness (QED) is 0.829. The van der Waals surface area contributed by atoms with Gasteiger partial charge in [0.2, 0.25) is 0 Å². The fourth-order valence-corrected chi connectivity index (χ4v) is 3.34. The molecule has 2 amide bonds. The number of piperazine rings is 1. The monoisotopic (exact) mass is 396 g/mol. The van der Waals surface area contributed by atoms with Gasteiger partial charge in [0.1, 0.15) is 0 Å². The summed E-state index contributed by atoms with van der Waals surface area (Å²) in [5.74, 6) is 0.0988. The number of nitrogens with one attached hydrogen (secondary N) is 2. The molecule has 2 aromatic rings. The molecule has 1 aromatic heterocycles. The second-order valence-electron chi connectivity index (χ2n) is 6.26. The van der Waals surface area contributed by atoms with Crippen molar-refractivity contribution in [1.29, 1.82) is 0 Å². The zero-order chi connectivity index (χ0) is 18.7. The van der Waals surface area contributed by atoms with E-state index in [4.69, 9.17) is 27.6 Å². The molecule has 0 unspecified atom stereocenters. The van der Waals surface area contributed by atoms with Crippen LogP contribution in [0.4, 0.5) is 5.69 Å². The van der Waals surface area contributed by atoms with Gasteiger partial charge in [-0.25, -0.2) is 0 Å². The molecule has 1 saturated heterocycles. The highest BCUT2D eigenvalue weighted by Gasteiger charge is 2.32. The van der Waals surface area contributed by atoms with Gasteiger partial charge >= 0.3 is 0 Å². The van der Waals surface area contributed by atoms with E-state index in [1.165, 1.54) is 6.26 Å². The van der Waals surface area contributed by atoms with Gasteiger partial charge in [0.05, 0.1) is 43.2 Å². The number of benzene rings is 1. The Morgan fingerprint density at radius 1 is 1.23 bits per heavy atom. The number of anilines is 1. The first-order chi connectivity index (χ1) is 12.5. The number of amides is 2. The average Bonchev–Trinajstić information content (AvgIpc) is 3.18. The first-order valence-electron chi connectivity index (χ1n) is 8.39. The van der Waals surface area contributed by atoms with E-state index in [0.29, 0.717) is 47.7 Å². The number of halogens is 2. The number of hydrogen-bond donors (Lipinski definition) is 2. The Hall–Kier alpha value is -2.02. The minimum atomic E-state index is -0.272. The molecular formula is C18H20Cl2N3O3+. The number of nitrogens with zero attached hydrogens (tertiary/aromatic N) is 1. The summed E-state index contributed by atoms with van der Waals surface area (Å²) in [6.45, 7) is 4.39. The van der Waals surface area contributed by atoms with E-state index in [2.05, 4.69) is 5.32 Å². The average molecular weight is 397 g/mol. The van der Waals surface area contributed by atoms with Gasteiger partial charge in [0, 0.05) is 5.02 Å². The zero-order valence-electron chi connectivity index (χ0n) is 14.3. The second-order valence-corrected chi connectivity index (χ2v) is 7.11. The molecule has 2 heterocycles. The zero-order valence-corrected chi connectivity index (χ0v) is 15.8. The molecule has 138 valence electrons. The van der Waals surface area contributed by atoms with Crippen LogP contribution in [0.15, 0.2) is 41.0 Å². The van der Waals surface area contributed by atoms with Gasteiger partial charge in [-0.2, -0.15) is 0 Å². The highest BCUT2D eigenvalue weighted by atomic mass is 35.5. The van der Waals surface area contributed by atoms with Crippen molar-refractivity contribution in [3.63, 3.8) is 0 Å². The normalized spacial score (nSPS) is 16.3. The van der Waals surface area contributed by atoms with Crippen molar-refractivity contribution in [2.45, 2.75) is 13.0 Å².